The molecule has 1 amide bonds. The van der Waals surface area contributed by atoms with Crippen molar-refractivity contribution in [3.8, 4) is 5.75 Å². The van der Waals surface area contributed by atoms with E-state index in [9.17, 15) is 18.3 Å². The van der Waals surface area contributed by atoms with Gasteiger partial charge in [-0.1, -0.05) is 13.8 Å². The molecule has 7 heteroatoms. The lowest BCUT2D eigenvalue weighted by molar-refractivity contribution is -0.116. The lowest BCUT2D eigenvalue weighted by Gasteiger charge is -2.18. The zero-order valence-electron chi connectivity index (χ0n) is 12.2. The fourth-order valence-electron chi connectivity index (χ4n) is 2.28. The number of sulfonamides is 1. The highest BCUT2D eigenvalue weighted by atomic mass is 32.2. The first-order chi connectivity index (χ1) is 9.79. The van der Waals surface area contributed by atoms with Crippen LogP contribution in [0.1, 0.15) is 26.7 Å². The third-order valence-corrected chi connectivity index (χ3v) is 5.10. The van der Waals surface area contributed by atoms with Gasteiger partial charge in [0.05, 0.1) is 17.1 Å². The number of carbonyl (C=O) groups excluding carboxylic acids is 1. The minimum absolute atomic E-state index is 0.0764. The lowest BCUT2D eigenvalue weighted by atomic mass is 10.1. The van der Waals surface area contributed by atoms with Crippen LogP contribution in [-0.2, 0) is 14.8 Å². The van der Waals surface area contributed by atoms with Gasteiger partial charge in [-0.25, -0.2) is 8.42 Å². The van der Waals surface area contributed by atoms with Crippen molar-refractivity contribution in [3.05, 3.63) is 18.2 Å². The van der Waals surface area contributed by atoms with Gasteiger partial charge in [0.1, 0.15) is 5.75 Å². The molecule has 0 saturated carbocycles. The van der Waals surface area contributed by atoms with Gasteiger partial charge in [-0.3, -0.25) is 9.10 Å². The molecule has 21 heavy (non-hydrogen) atoms. The van der Waals surface area contributed by atoms with Crippen LogP contribution in [0, 0.1) is 5.92 Å². The lowest BCUT2D eigenvalue weighted by Crippen LogP contribution is -2.25. The van der Waals surface area contributed by atoms with Crippen molar-refractivity contribution >= 4 is 27.3 Å². The quantitative estimate of drug-likeness (QED) is 0.832. The molecule has 0 radical (unpaired) electrons. The minimum Gasteiger partial charge on any atom is -0.506 e. The van der Waals surface area contributed by atoms with Crippen LogP contribution >= 0.6 is 0 Å². The van der Waals surface area contributed by atoms with E-state index in [2.05, 4.69) is 5.32 Å². The van der Waals surface area contributed by atoms with Crippen LogP contribution in [0.2, 0.25) is 0 Å². The number of hydrogen-bond acceptors (Lipinski definition) is 4. The highest BCUT2D eigenvalue weighted by Crippen LogP contribution is 2.32. The molecule has 0 atom stereocenters. The van der Waals surface area contributed by atoms with Gasteiger partial charge in [-0.05, 0) is 30.5 Å². The van der Waals surface area contributed by atoms with E-state index < -0.39 is 10.0 Å². The monoisotopic (exact) mass is 312 g/mol. The van der Waals surface area contributed by atoms with Crippen molar-refractivity contribution in [2.75, 3.05) is 21.9 Å². The summed E-state index contributed by atoms with van der Waals surface area (Å²) < 4.78 is 25.1. The first kappa shape index (κ1) is 15.6. The third-order valence-electron chi connectivity index (χ3n) is 3.24. The molecule has 0 aromatic heterocycles. The van der Waals surface area contributed by atoms with Gasteiger partial charge in [0, 0.05) is 13.0 Å². The number of hydrogen-bond donors (Lipinski definition) is 2. The molecule has 1 saturated heterocycles. The molecule has 0 unspecified atom stereocenters. The van der Waals surface area contributed by atoms with Crippen LogP contribution in [0.25, 0.3) is 0 Å². The van der Waals surface area contributed by atoms with Crippen LogP contribution in [-0.4, -0.2) is 31.7 Å². The fourth-order valence-corrected chi connectivity index (χ4v) is 3.84. The van der Waals surface area contributed by atoms with Gasteiger partial charge in [-0.15, -0.1) is 0 Å². The molecule has 1 fully saturated rings. The molecule has 0 bridgehead atoms. The van der Waals surface area contributed by atoms with Crippen molar-refractivity contribution in [2.24, 2.45) is 5.92 Å². The maximum Gasteiger partial charge on any atom is 0.235 e. The molecule has 1 heterocycles. The van der Waals surface area contributed by atoms with Crippen molar-refractivity contribution in [1.29, 1.82) is 0 Å². The maximum atomic E-state index is 11.9. The van der Waals surface area contributed by atoms with Gasteiger partial charge in [0.2, 0.25) is 15.9 Å². The van der Waals surface area contributed by atoms with Crippen molar-refractivity contribution in [2.45, 2.75) is 26.7 Å². The van der Waals surface area contributed by atoms with Gasteiger partial charge < -0.3 is 10.4 Å². The summed E-state index contributed by atoms with van der Waals surface area (Å²) >= 11 is 0. The van der Waals surface area contributed by atoms with Gasteiger partial charge in [-0.2, -0.15) is 0 Å². The summed E-state index contributed by atoms with van der Waals surface area (Å²) in [6, 6.07) is 4.43. The summed E-state index contributed by atoms with van der Waals surface area (Å²) in [6.07, 6.45) is 0.921. The zero-order valence-corrected chi connectivity index (χ0v) is 13.0. The average molecular weight is 312 g/mol. The van der Waals surface area contributed by atoms with E-state index in [1.807, 2.05) is 13.8 Å². The molecular weight excluding hydrogens is 292 g/mol. The Kier molecular flexibility index (Phi) is 4.41. The first-order valence-electron chi connectivity index (χ1n) is 6.93. The summed E-state index contributed by atoms with van der Waals surface area (Å²) in [5.74, 6) is 0.0478. The molecule has 0 spiro atoms. The Hall–Kier alpha value is -1.76. The number of amides is 1. The standard InChI is InChI=1S/C14H20N2O4S/c1-10(2)8-14(18)15-12-9-11(4-5-13(12)17)16-6-3-7-21(16,19)20/h4-5,9-10,17H,3,6-8H2,1-2H3,(H,15,18). The van der Waals surface area contributed by atoms with Crippen LogP contribution < -0.4 is 9.62 Å². The SMILES string of the molecule is CC(C)CC(=O)Nc1cc(N2CCCS2(=O)=O)ccc1O. The molecule has 2 N–H and O–H groups in total. The Morgan fingerprint density at radius 2 is 2.14 bits per heavy atom. The maximum absolute atomic E-state index is 11.9. The molecule has 1 aromatic carbocycles. The Balaban J connectivity index is 2.23. The van der Waals surface area contributed by atoms with E-state index in [0.717, 1.165) is 0 Å². The number of phenolic OH excluding ortho intramolecular Hbond substituents is 1. The molecule has 2 rings (SSSR count). The van der Waals surface area contributed by atoms with E-state index in [1.54, 1.807) is 0 Å². The normalized spacial score (nSPS) is 17.2. The summed E-state index contributed by atoms with van der Waals surface area (Å²) in [5, 5.41) is 12.4. The first-order valence-corrected chi connectivity index (χ1v) is 8.54. The predicted octanol–water partition coefficient (Wildman–Crippen LogP) is 1.92. The number of carbonyl (C=O) groups is 1. The minimum atomic E-state index is -3.28. The Bertz CT molecular complexity index is 640. The number of nitrogens with zero attached hydrogens (tertiary/aromatic N) is 1. The highest BCUT2D eigenvalue weighted by molar-refractivity contribution is 7.93. The number of benzene rings is 1. The Morgan fingerprint density at radius 3 is 2.71 bits per heavy atom. The second-order valence-electron chi connectivity index (χ2n) is 5.59. The van der Waals surface area contributed by atoms with Gasteiger partial charge >= 0.3 is 0 Å². The summed E-state index contributed by atoms with van der Waals surface area (Å²) in [6.45, 7) is 4.27. The number of nitrogens with one attached hydrogen (secondary N) is 1. The fraction of sp³-hybridized carbons (Fsp3) is 0.500. The predicted molar refractivity (Wildman–Crippen MR) is 81.9 cm³/mol. The van der Waals surface area contributed by atoms with Crippen molar-refractivity contribution in [1.82, 2.24) is 0 Å². The van der Waals surface area contributed by atoms with Crippen molar-refractivity contribution in [3.63, 3.8) is 0 Å². The van der Waals surface area contributed by atoms with Crippen LogP contribution in [0.5, 0.6) is 5.75 Å². The highest BCUT2D eigenvalue weighted by Gasteiger charge is 2.28. The molecule has 0 aliphatic carbocycles. The van der Waals surface area contributed by atoms with E-state index in [4.69, 9.17) is 0 Å². The number of aromatic hydroxyl groups is 1. The zero-order chi connectivity index (χ0) is 15.6. The number of phenols is 1. The molecule has 1 aliphatic heterocycles. The smallest absolute Gasteiger partial charge is 0.235 e. The van der Waals surface area contributed by atoms with E-state index in [-0.39, 0.29) is 29.0 Å². The Morgan fingerprint density at radius 1 is 1.43 bits per heavy atom. The second-order valence-corrected chi connectivity index (χ2v) is 7.60. The van der Waals surface area contributed by atoms with E-state index in [0.29, 0.717) is 25.1 Å². The van der Waals surface area contributed by atoms with Gasteiger partial charge in [0.15, 0.2) is 0 Å². The largest absolute Gasteiger partial charge is 0.506 e. The van der Waals surface area contributed by atoms with Crippen LogP contribution in [0.15, 0.2) is 18.2 Å². The molecule has 6 nitrogen and oxygen atoms in total. The average Bonchev–Trinajstić information content (AvgIpc) is 2.71. The number of anilines is 2. The van der Waals surface area contributed by atoms with E-state index in [1.165, 1.54) is 22.5 Å². The van der Waals surface area contributed by atoms with Gasteiger partial charge in [0.25, 0.3) is 0 Å². The second kappa shape index (κ2) is 5.93. The summed E-state index contributed by atoms with van der Waals surface area (Å²) in [4.78, 5) is 11.8. The van der Waals surface area contributed by atoms with E-state index >= 15 is 0 Å². The molecule has 1 aromatic rings. The van der Waals surface area contributed by atoms with Crippen LogP contribution in [0.3, 0.4) is 0 Å². The Labute approximate surface area is 124 Å². The van der Waals surface area contributed by atoms with Crippen molar-refractivity contribution < 1.29 is 18.3 Å². The third kappa shape index (κ3) is 3.66. The molecule has 1 aliphatic rings. The summed E-state index contributed by atoms with van der Waals surface area (Å²) in [5.41, 5.74) is 0.699. The number of rotatable bonds is 4. The summed E-state index contributed by atoms with van der Waals surface area (Å²) in [7, 11) is -3.28. The topological polar surface area (TPSA) is 86.7 Å². The van der Waals surface area contributed by atoms with Crippen LogP contribution in [0.4, 0.5) is 11.4 Å². The molecular formula is C14H20N2O4S. The molecule has 116 valence electrons.